The summed E-state index contributed by atoms with van der Waals surface area (Å²) in [6.45, 7) is 4.68. The monoisotopic (exact) mass is 380 g/mol. The molecule has 120 valence electrons. The first-order chi connectivity index (χ1) is 11.5. The third kappa shape index (κ3) is 2.51. The average molecular weight is 381 g/mol. The van der Waals surface area contributed by atoms with Crippen molar-refractivity contribution in [2.75, 3.05) is 11.4 Å². The van der Waals surface area contributed by atoms with Crippen molar-refractivity contribution in [1.29, 1.82) is 0 Å². The van der Waals surface area contributed by atoms with Crippen LogP contribution in [0.15, 0.2) is 46.9 Å². The van der Waals surface area contributed by atoms with E-state index in [0.717, 1.165) is 39.7 Å². The summed E-state index contributed by atoms with van der Waals surface area (Å²) < 4.78 is 1.05. The maximum absolute atomic E-state index is 13.1. The van der Waals surface area contributed by atoms with Crippen LogP contribution in [-0.4, -0.2) is 17.4 Å². The number of amides is 1. The molecule has 2 heterocycles. The van der Waals surface area contributed by atoms with Crippen LogP contribution in [0, 0.1) is 13.8 Å². The van der Waals surface area contributed by atoms with E-state index in [1.165, 1.54) is 11.1 Å². The SMILES string of the molecule is Cc1ccc2cc(C(=O)N3CCc4cc(Br)ccc43)c(C)nc2c1. The molecule has 0 saturated carbocycles. The van der Waals surface area contributed by atoms with Crippen molar-refractivity contribution in [3.8, 4) is 0 Å². The molecule has 0 saturated heterocycles. The van der Waals surface area contributed by atoms with Crippen LogP contribution < -0.4 is 4.90 Å². The van der Waals surface area contributed by atoms with E-state index in [1.54, 1.807) is 0 Å². The van der Waals surface area contributed by atoms with E-state index in [9.17, 15) is 4.79 Å². The van der Waals surface area contributed by atoms with Gasteiger partial charge < -0.3 is 4.90 Å². The lowest BCUT2D eigenvalue weighted by atomic mass is 10.1. The Morgan fingerprint density at radius 2 is 1.96 bits per heavy atom. The highest BCUT2D eigenvalue weighted by Gasteiger charge is 2.27. The third-order valence-corrected chi connectivity index (χ3v) is 5.07. The summed E-state index contributed by atoms with van der Waals surface area (Å²) in [6, 6.07) is 14.2. The largest absolute Gasteiger partial charge is 0.308 e. The highest BCUT2D eigenvalue weighted by Crippen LogP contribution is 2.32. The second-order valence-corrected chi connectivity index (χ2v) is 7.21. The molecule has 0 N–H and O–H groups in total. The molecular weight excluding hydrogens is 364 g/mol. The lowest BCUT2D eigenvalue weighted by Crippen LogP contribution is -2.29. The van der Waals surface area contributed by atoms with Gasteiger partial charge in [0.1, 0.15) is 0 Å². The van der Waals surface area contributed by atoms with Gasteiger partial charge in [-0.05, 0) is 61.7 Å². The summed E-state index contributed by atoms with van der Waals surface area (Å²) in [5.41, 5.74) is 5.79. The molecule has 0 fully saturated rings. The van der Waals surface area contributed by atoms with Crippen LogP contribution in [0.3, 0.4) is 0 Å². The number of benzene rings is 2. The first-order valence-corrected chi connectivity index (χ1v) is 8.80. The Balaban J connectivity index is 1.77. The fraction of sp³-hybridized carbons (Fsp3) is 0.200. The Bertz CT molecular complexity index is 981. The van der Waals surface area contributed by atoms with Crippen molar-refractivity contribution >= 4 is 38.4 Å². The zero-order valence-electron chi connectivity index (χ0n) is 13.6. The maximum atomic E-state index is 13.1. The molecule has 0 radical (unpaired) electrons. The van der Waals surface area contributed by atoms with E-state index >= 15 is 0 Å². The lowest BCUT2D eigenvalue weighted by Gasteiger charge is -2.19. The maximum Gasteiger partial charge on any atom is 0.260 e. The molecule has 2 aromatic carbocycles. The Morgan fingerprint density at radius 3 is 2.79 bits per heavy atom. The number of aryl methyl sites for hydroxylation is 2. The van der Waals surface area contributed by atoms with Crippen LogP contribution in [0.1, 0.15) is 27.2 Å². The number of carbonyl (C=O) groups is 1. The van der Waals surface area contributed by atoms with E-state index in [4.69, 9.17) is 0 Å². The van der Waals surface area contributed by atoms with Crippen LogP contribution >= 0.6 is 15.9 Å². The number of anilines is 1. The molecule has 0 spiro atoms. The van der Waals surface area contributed by atoms with E-state index in [2.05, 4.69) is 46.0 Å². The van der Waals surface area contributed by atoms with Crippen molar-refractivity contribution in [3.05, 3.63) is 69.3 Å². The number of pyridine rings is 1. The molecule has 0 aliphatic carbocycles. The minimum atomic E-state index is 0.0311. The number of hydrogen-bond donors (Lipinski definition) is 0. The normalized spacial score (nSPS) is 13.4. The third-order valence-electron chi connectivity index (χ3n) is 4.58. The summed E-state index contributed by atoms with van der Waals surface area (Å²) in [6.07, 6.45) is 0.889. The van der Waals surface area contributed by atoms with Gasteiger partial charge in [0.05, 0.1) is 16.8 Å². The van der Waals surface area contributed by atoms with E-state index in [-0.39, 0.29) is 5.91 Å². The van der Waals surface area contributed by atoms with Crippen LogP contribution in [0.4, 0.5) is 5.69 Å². The number of halogens is 1. The van der Waals surface area contributed by atoms with Gasteiger partial charge in [0, 0.05) is 22.1 Å². The smallest absolute Gasteiger partial charge is 0.260 e. The molecule has 1 aliphatic rings. The topological polar surface area (TPSA) is 33.2 Å². The number of nitrogens with zero attached hydrogens (tertiary/aromatic N) is 2. The fourth-order valence-electron chi connectivity index (χ4n) is 3.32. The molecule has 1 amide bonds. The molecule has 3 nitrogen and oxygen atoms in total. The van der Waals surface area contributed by atoms with Gasteiger partial charge in [-0.1, -0.05) is 28.1 Å². The second-order valence-electron chi connectivity index (χ2n) is 6.30. The number of rotatable bonds is 1. The van der Waals surface area contributed by atoms with Crippen LogP contribution in [0.2, 0.25) is 0 Å². The van der Waals surface area contributed by atoms with Gasteiger partial charge in [-0.25, -0.2) is 0 Å². The zero-order chi connectivity index (χ0) is 16.8. The second kappa shape index (κ2) is 5.71. The van der Waals surface area contributed by atoms with E-state index in [0.29, 0.717) is 5.56 Å². The number of carbonyl (C=O) groups excluding carboxylic acids is 1. The number of fused-ring (bicyclic) bond motifs is 2. The van der Waals surface area contributed by atoms with E-state index in [1.807, 2.05) is 36.1 Å². The minimum Gasteiger partial charge on any atom is -0.308 e. The molecule has 1 aliphatic heterocycles. The Morgan fingerprint density at radius 1 is 1.12 bits per heavy atom. The molecule has 24 heavy (non-hydrogen) atoms. The lowest BCUT2D eigenvalue weighted by molar-refractivity contribution is 0.0988. The molecule has 0 atom stereocenters. The number of hydrogen-bond acceptors (Lipinski definition) is 2. The molecule has 0 bridgehead atoms. The summed E-state index contributed by atoms with van der Waals surface area (Å²) in [7, 11) is 0. The summed E-state index contributed by atoms with van der Waals surface area (Å²) >= 11 is 3.50. The van der Waals surface area contributed by atoms with Gasteiger partial charge in [0.2, 0.25) is 0 Å². The van der Waals surface area contributed by atoms with Gasteiger partial charge in [-0.2, -0.15) is 0 Å². The Kier molecular flexibility index (Phi) is 3.65. The summed E-state index contributed by atoms with van der Waals surface area (Å²) in [5, 5.41) is 1.00. The van der Waals surface area contributed by atoms with Crippen molar-refractivity contribution in [2.24, 2.45) is 0 Å². The molecule has 4 rings (SSSR count). The molecule has 4 heteroatoms. The molecule has 3 aromatic rings. The summed E-state index contributed by atoms with van der Waals surface area (Å²) in [5.74, 6) is 0.0311. The quantitative estimate of drug-likeness (QED) is 0.606. The minimum absolute atomic E-state index is 0.0311. The van der Waals surface area contributed by atoms with Crippen molar-refractivity contribution < 1.29 is 4.79 Å². The Labute approximate surface area is 149 Å². The predicted molar refractivity (Wildman–Crippen MR) is 101 cm³/mol. The van der Waals surface area contributed by atoms with Crippen LogP contribution in [-0.2, 0) is 6.42 Å². The fourth-order valence-corrected chi connectivity index (χ4v) is 3.73. The van der Waals surface area contributed by atoms with Crippen LogP contribution in [0.25, 0.3) is 10.9 Å². The van der Waals surface area contributed by atoms with Gasteiger partial charge in [-0.15, -0.1) is 0 Å². The first-order valence-electron chi connectivity index (χ1n) is 8.01. The van der Waals surface area contributed by atoms with Gasteiger partial charge in [0.25, 0.3) is 5.91 Å². The highest BCUT2D eigenvalue weighted by atomic mass is 79.9. The predicted octanol–water partition coefficient (Wildman–Crippen LogP) is 4.82. The summed E-state index contributed by atoms with van der Waals surface area (Å²) in [4.78, 5) is 19.6. The van der Waals surface area contributed by atoms with Gasteiger partial charge >= 0.3 is 0 Å². The number of aromatic nitrogens is 1. The standard InChI is InChI=1S/C20H17BrN2O/c1-12-3-4-14-11-17(13(2)22-18(14)9-12)20(24)23-8-7-15-10-16(21)5-6-19(15)23/h3-6,9-11H,7-8H2,1-2H3. The van der Waals surface area contributed by atoms with Gasteiger partial charge in [0.15, 0.2) is 0 Å². The first kappa shape index (κ1) is 15.3. The Hall–Kier alpha value is -2.20. The average Bonchev–Trinajstić information content (AvgIpc) is 2.96. The van der Waals surface area contributed by atoms with Crippen molar-refractivity contribution in [2.45, 2.75) is 20.3 Å². The van der Waals surface area contributed by atoms with E-state index < -0.39 is 0 Å². The molecule has 1 aromatic heterocycles. The van der Waals surface area contributed by atoms with Crippen molar-refractivity contribution in [1.82, 2.24) is 4.98 Å². The highest BCUT2D eigenvalue weighted by molar-refractivity contribution is 9.10. The molecule has 0 unspecified atom stereocenters. The molecular formula is C20H17BrN2O. The zero-order valence-corrected chi connectivity index (χ0v) is 15.2. The van der Waals surface area contributed by atoms with Crippen molar-refractivity contribution in [3.63, 3.8) is 0 Å². The van der Waals surface area contributed by atoms with Crippen LogP contribution in [0.5, 0.6) is 0 Å². The van der Waals surface area contributed by atoms with Gasteiger partial charge in [-0.3, -0.25) is 9.78 Å².